The summed E-state index contributed by atoms with van der Waals surface area (Å²) in [6.45, 7) is 12.1. The van der Waals surface area contributed by atoms with Crippen LogP contribution in [0.15, 0.2) is 17.5 Å². The molecule has 0 bridgehead atoms. The van der Waals surface area contributed by atoms with E-state index in [1.54, 1.807) is 0 Å². The molecule has 1 unspecified atom stereocenters. The molecular weight excluding hydrogens is 240 g/mol. The van der Waals surface area contributed by atoms with Gasteiger partial charge in [0.15, 0.2) is 0 Å². The largest absolute Gasteiger partial charge is 0.330 e. The van der Waals surface area contributed by atoms with Crippen LogP contribution in [0.25, 0.3) is 0 Å². The highest BCUT2D eigenvalue weighted by Crippen LogP contribution is 2.18. The quantitative estimate of drug-likeness (QED) is 0.781. The molecule has 2 nitrogen and oxygen atoms in total. The Kier molecular flexibility index (Phi) is 6.90. The van der Waals surface area contributed by atoms with Crippen molar-refractivity contribution in [3.63, 3.8) is 0 Å². The first-order valence-electron chi connectivity index (χ1n) is 6.99. The van der Waals surface area contributed by atoms with Crippen LogP contribution >= 0.6 is 11.3 Å². The minimum Gasteiger partial charge on any atom is -0.330 e. The Morgan fingerprint density at radius 1 is 1.28 bits per heavy atom. The minimum atomic E-state index is 0.577. The van der Waals surface area contributed by atoms with Gasteiger partial charge in [0, 0.05) is 24.0 Å². The van der Waals surface area contributed by atoms with E-state index in [4.69, 9.17) is 5.73 Å². The fraction of sp³-hybridized carbons (Fsp3) is 0.733. The molecular formula is C15H28N2S. The number of nitrogens with zero attached hydrogens (tertiary/aromatic N) is 1. The molecule has 0 saturated carbocycles. The van der Waals surface area contributed by atoms with Crippen LogP contribution in [-0.2, 0) is 6.54 Å². The molecule has 0 saturated heterocycles. The third-order valence-electron chi connectivity index (χ3n) is 3.30. The third-order valence-corrected chi connectivity index (χ3v) is 4.16. The van der Waals surface area contributed by atoms with E-state index in [9.17, 15) is 0 Å². The molecule has 1 heterocycles. The summed E-state index contributed by atoms with van der Waals surface area (Å²) < 4.78 is 0. The van der Waals surface area contributed by atoms with Gasteiger partial charge in [0.2, 0.25) is 0 Å². The van der Waals surface area contributed by atoms with E-state index in [1.165, 1.54) is 11.3 Å². The summed E-state index contributed by atoms with van der Waals surface area (Å²) in [5.41, 5.74) is 5.92. The van der Waals surface area contributed by atoms with Crippen molar-refractivity contribution in [2.45, 2.75) is 46.7 Å². The summed E-state index contributed by atoms with van der Waals surface area (Å²) in [4.78, 5) is 4.00. The molecule has 0 aliphatic heterocycles. The van der Waals surface area contributed by atoms with Crippen molar-refractivity contribution in [3.8, 4) is 0 Å². The fourth-order valence-corrected chi connectivity index (χ4v) is 3.03. The van der Waals surface area contributed by atoms with E-state index in [-0.39, 0.29) is 0 Å². The first kappa shape index (κ1) is 15.7. The average molecular weight is 268 g/mol. The number of rotatable bonds is 8. The number of hydrogen-bond acceptors (Lipinski definition) is 3. The summed E-state index contributed by atoms with van der Waals surface area (Å²) in [7, 11) is 0. The van der Waals surface area contributed by atoms with Gasteiger partial charge in [-0.3, -0.25) is 4.90 Å². The van der Waals surface area contributed by atoms with Gasteiger partial charge in [-0.05, 0) is 50.1 Å². The zero-order chi connectivity index (χ0) is 13.5. The summed E-state index contributed by atoms with van der Waals surface area (Å²) in [5.74, 6) is 1.35. The second-order valence-corrected chi connectivity index (χ2v) is 6.87. The van der Waals surface area contributed by atoms with Crippen molar-refractivity contribution in [3.05, 3.63) is 22.4 Å². The lowest BCUT2D eigenvalue weighted by atomic mass is 9.96. The maximum atomic E-state index is 5.92. The SMILES string of the molecule is CC(C)CC(CN)CN(Cc1cccs1)C(C)C. The monoisotopic (exact) mass is 268 g/mol. The zero-order valence-corrected chi connectivity index (χ0v) is 13.0. The average Bonchev–Trinajstić information content (AvgIpc) is 2.79. The number of nitrogens with two attached hydrogens (primary N) is 1. The molecule has 0 spiro atoms. The molecule has 18 heavy (non-hydrogen) atoms. The topological polar surface area (TPSA) is 29.3 Å². The lowest BCUT2D eigenvalue weighted by molar-refractivity contribution is 0.171. The van der Waals surface area contributed by atoms with Gasteiger partial charge in [0.05, 0.1) is 0 Å². The van der Waals surface area contributed by atoms with Gasteiger partial charge < -0.3 is 5.73 Å². The van der Waals surface area contributed by atoms with Crippen molar-refractivity contribution >= 4 is 11.3 Å². The highest BCUT2D eigenvalue weighted by atomic mass is 32.1. The Hall–Kier alpha value is -0.380. The predicted octanol–water partition coefficient (Wildman–Crippen LogP) is 3.58. The smallest absolute Gasteiger partial charge is 0.0330 e. The molecule has 0 aromatic carbocycles. The molecule has 1 rings (SSSR count). The predicted molar refractivity (Wildman–Crippen MR) is 81.9 cm³/mol. The lowest BCUT2D eigenvalue weighted by Crippen LogP contribution is -2.37. The van der Waals surface area contributed by atoms with Crippen molar-refractivity contribution in [1.82, 2.24) is 4.90 Å². The molecule has 1 atom stereocenters. The highest BCUT2D eigenvalue weighted by Gasteiger charge is 2.17. The highest BCUT2D eigenvalue weighted by molar-refractivity contribution is 7.09. The molecule has 104 valence electrons. The molecule has 0 aliphatic rings. The normalized spacial score (nSPS) is 13.8. The van der Waals surface area contributed by atoms with Gasteiger partial charge >= 0.3 is 0 Å². The molecule has 2 N–H and O–H groups in total. The van der Waals surface area contributed by atoms with Crippen LogP contribution in [0.1, 0.15) is 39.0 Å². The van der Waals surface area contributed by atoms with Gasteiger partial charge in [-0.15, -0.1) is 11.3 Å². The summed E-state index contributed by atoms with van der Waals surface area (Å²) >= 11 is 1.84. The Morgan fingerprint density at radius 2 is 2.00 bits per heavy atom. The number of hydrogen-bond donors (Lipinski definition) is 1. The molecule has 0 aliphatic carbocycles. The maximum Gasteiger partial charge on any atom is 0.0330 e. The molecule has 0 amide bonds. The van der Waals surface area contributed by atoms with Crippen LogP contribution in [0, 0.1) is 11.8 Å². The van der Waals surface area contributed by atoms with E-state index in [0.29, 0.717) is 12.0 Å². The first-order valence-corrected chi connectivity index (χ1v) is 7.87. The van der Waals surface area contributed by atoms with Gasteiger partial charge in [-0.1, -0.05) is 19.9 Å². The number of thiophene rings is 1. The van der Waals surface area contributed by atoms with E-state index < -0.39 is 0 Å². The van der Waals surface area contributed by atoms with Crippen LogP contribution in [-0.4, -0.2) is 24.0 Å². The first-order chi connectivity index (χ1) is 8.52. The van der Waals surface area contributed by atoms with Crippen LogP contribution in [0.3, 0.4) is 0 Å². The van der Waals surface area contributed by atoms with Crippen molar-refractivity contribution in [1.29, 1.82) is 0 Å². The molecule has 0 radical (unpaired) electrons. The van der Waals surface area contributed by atoms with E-state index >= 15 is 0 Å². The molecule has 0 fully saturated rings. The van der Waals surface area contributed by atoms with Crippen molar-refractivity contribution in [2.24, 2.45) is 17.6 Å². The Bertz CT molecular complexity index is 306. The van der Waals surface area contributed by atoms with E-state index in [2.05, 4.69) is 50.1 Å². The third kappa shape index (κ3) is 5.51. The summed E-state index contributed by atoms with van der Waals surface area (Å²) in [6.07, 6.45) is 1.23. The van der Waals surface area contributed by atoms with E-state index in [0.717, 1.165) is 25.6 Å². The van der Waals surface area contributed by atoms with Crippen molar-refractivity contribution in [2.75, 3.05) is 13.1 Å². The Labute approximate surface area is 116 Å². The summed E-state index contributed by atoms with van der Waals surface area (Å²) in [5, 5.41) is 2.16. The summed E-state index contributed by atoms with van der Waals surface area (Å²) in [6, 6.07) is 4.93. The second-order valence-electron chi connectivity index (χ2n) is 5.83. The van der Waals surface area contributed by atoms with Crippen LogP contribution in [0.5, 0.6) is 0 Å². The molecule has 1 aromatic rings. The van der Waals surface area contributed by atoms with E-state index in [1.807, 2.05) is 11.3 Å². The Morgan fingerprint density at radius 3 is 2.44 bits per heavy atom. The van der Waals surface area contributed by atoms with Crippen LogP contribution < -0.4 is 5.73 Å². The van der Waals surface area contributed by atoms with Gasteiger partial charge in [-0.25, -0.2) is 0 Å². The van der Waals surface area contributed by atoms with Gasteiger partial charge in [-0.2, -0.15) is 0 Å². The molecule has 1 aromatic heterocycles. The second kappa shape index (κ2) is 7.93. The van der Waals surface area contributed by atoms with Gasteiger partial charge in [0.25, 0.3) is 0 Å². The lowest BCUT2D eigenvalue weighted by Gasteiger charge is -2.30. The molecule has 3 heteroatoms. The van der Waals surface area contributed by atoms with Crippen molar-refractivity contribution < 1.29 is 0 Å². The zero-order valence-electron chi connectivity index (χ0n) is 12.2. The Balaban J connectivity index is 2.56. The minimum absolute atomic E-state index is 0.577. The standard InChI is InChI=1S/C15H28N2S/c1-12(2)8-14(9-16)10-17(13(3)4)11-15-6-5-7-18-15/h5-7,12-14H,8-11,16H2,1-4H3. The fourth-order valence-electron chi connectivity index (χ4n) is 2.30. The van der Waals surface area contributed by atoms with Crippen LogP contribution in [0.2, 0.25) is 0 Å². The van der Waals surface area contributed by atoms with Gasteiger partial charge in [0.1, 0.15) is 0 Å². The van der Waals surface area contributed by atoms with Crippen LogP contribution in [0.4, 0.5) is 0 Å². The maximum absolute atomic E-state index is 5.92.